The summed E-state index contributed by atoms with van der Waals surface area (Å²) < 4.78 is 37.9. The summed E-state index contributed by atoms with van der Waals surface area (Å²) in [4.78, 5) is 12.6. The zero-order valence-corrected chi connectivity index (χ0v) is 19.3. The molecule has 2 rings (SSSR count). The second-order valence-corrected chi connectivity index (χ2v) is 9.65. The zero-order valence-electron chi connectivity index (χ0n) is 18.5. The Kier molecular flexibility index (Phi) is 10.1. The number of sulfonamides is 1. The van der Waals surface area contributed by atoms with Crippen LogP contribution in [0.3, 0.4) is 0 Å². The van der Waals surface area contributed by atoms with Crippen LogP contribution in [0.5, 0.6) is 5.75 Å². The molecule has 1 aromatic carbocycles. The van der Waals surface area contributed by atoms with Crippen molar-refractivity contribution in [1.82, 2.24) is 9.62 Å². The smallest absolute Gasteiger partial charge is 0.243 e. The van der Waals surface area contributed by atoms with E-state index in [0.29, 0.717) is 57.4 Å². The van der Waals surface area contributed by atoms with Crippen molar-refractivity contribution in [1.29, 1.82) is 0 Å². The summed E-state index contributed by atoms with van der Waals surface area (Å²) in [6.07, 6.45) is 5.23. The van der Waals surface area contributed by atoms with Gasteiger partial charge in [0.1, 0.15) is 5.75 Å². The summed E-state index contributed by atoms with van der Waals surface area (Å²) in [6.45, 7) is 6.52. The number of methoxy groups -OCH3 is 1. The minimum atomic E-state index is -3.58. The second-order valence-electron chi connectivity index (χ2n) is 7.71. The molecule has 0 radical (unpaired) electrons. The Bertz CT molecular complexity index is 776. The normalized spacial score (nSPS) is 16.2. The van der Waals surface area contributed by atoms with Gasteiger partial charge in [-0.2, -0.15) is 4.31 Å². The third-order valence-electron chi connectivity index (χ3n) is 5.61. The molecule has 0 aromatic heterocycles. The Morgan fingerprint density at radius 2 is 2.00 bits per heavy atom. The second kappa shape index (κ2) is 12.3. The highest BCUT2D eigenvalue weighted by Crippen LogP contribution is 2.26. The summed E-state index contributed by atoms with van der Waals surface area (Å²) >= 11 is 0. The van der Waals surface area contributed by atoms with Crippen molar-refractivity contribution in [3.63, 3.8) is 0 Å². The van der Waals surface area contributed by atoms with Gasteiger partial charge < -0.3 is 14.8 Å². The van der Waals surface area contributed by atoms with Crippen LogP contribution in [0.1, 0.15) is 51.5 Å². The SMILES string of the molecule is CCCC[C@H](CC)CNC(=O)CCc1cc(S(=O)(=O)N2CCOCC2)ccc1OC. The summed E-state index contributed by atoms with van der Waals surface area (Å²) in [7, 11) is -2.03. The highest BCUT2D eigenvalue weighted by molar-refractivity contribution is 7.89. The maximum Gasteiger partial charge on any atom is 0.243 e. The molecule has 1 aromatic rings. The molecule has 30 heavy (non-hydrogen) atoms. The van der Waals surface area contributed by atoms with E-state index in [9.17, 15) is 13.2 Å². The van der Waals surface area contributed by atoms with Crippen LogP contribution in [0.25, 0.3) is 0 Å². The number of hydrogen-bond donors (Lipinski definition) is 1. The van der Waals surface area contributed by atoms with Gasteiger partial charge in [0, 0.05) is 26.1 Å². The van der Waals surface area contributed by atoms with Gasteiger partial charge in [0.25, 0.3) is 0 Å². The lowest BCUT2D eigenvalue weighted by molar-refractivity contribution is -0.121. The van der Waals surface area contributed by atoms with E-state index in [2.05, 4.69) is 19.2 Å². The van der Waals surface area contributed by atoms with E-state index in [-0.39, 0.29) is 10.8 Å². The van der Waals surface area contributed by atoms with Gasteiger partial charge in [0.15, 0.2) is 0 Å². The van der Waals surface area contributed by atoms with E-state index in [1.807, 2.05) is 0 Å². The molecule has 0 bridgehead atoms. The number of rotatable bonds is 12. The maximum atomic E-state index is 12.9. The summed E-state index contributed by atoms with van der Waals surface area (Å²) in [5, 5.41) is 3.03. The Hall–Kier alpha value is -1.64. The molecule has 7 nitrogen and oxygen atoms in total. The van der Waals surface area contributed by atoms with Crippen LogP contribution in [-0.2, 0) is 26.0 Å². The van der Waals surface area contributed by atoms with E-state index < -0.39 is 10.0 Å². The molecule has 1 fully saturated rings. The number of carbonyl (C=O) groups excluding carboxylic acids is 1. The van der Waals surface area contributed by atoms with Gasteiger partial charge >= 0.3 is 0 Å². The van der Waals surface area contributed by atoms with Crippen molar-refractivity contribution in [3.8, 4) is 5.75 Å². The van der Waals surface area contributed by atoms with Crippen molar-refractivity contribution in [3.05, 3.63) is 23.8 Å². The minimum Gasteiger partial charge on any atom is -0.496 e. The van der Waals surface area contributed by atoms with Gasteiger partial charge in [-0.3, -0.25) is 4.79 Å². The fourth-order valence-electron chi connectivity index (χ4n) is 3.58. The molecule has 1 atom stereocenters. The molecular formula is C22H36N2O5S. The third kappa shape index (κ3) is 6.96. The first-order valence-corrected chi connectivity index (χ1v) is 12.4. The maximum absolute atomic E-state index is 12.9. The van der Waals surface area contributed by atoms with Gasteiger partial charge in [-0.25, -0.2) is 8.42 Å². The van der Waals surface area contributed by atoms with E-state index in [1.165, 1.54) is 10.7 Å². The van der Waals surface area contributed by atoms with Gasteiger partial charge in [-0.05, 0) is 42.5 Å². The number of unbranched alkanes of at least 4 members (excludes halogenated alkanes) is 1. The highest BCUT2D eigenvalue weighted by atomic mass is 32.2. The fourth-order valence-corrected chi connectivity index (χ4v) is 5.04. The first kappa shape index (κ1) is 24.6. The van der Waals surface area contributed by atoms with Crippen LogP contribution in [0.15, 0.2) is 23.1 Å². The fraction of sp³-hybridized carbons (Fsp3) is 0.682. The van der Waals surface area contributed by atoms with E-state index in [0.717, 1.165) is 24.8 Å². The number of benzene rings is 1. The molecule has 170 valence electrons. The molecule has 1 N–H and O–H groups in total. The predicted octanol–water partition coefficient (Wildman–Crippen LogP) is 2.98. The summed E-state index contributed by atoms with van der Waals surface area (Å²) in [5.41, 5.74) is 0.722. The van der Waals surface area contributed by atoms with E-state index in [1.54, 1.807) is 25.3 Å². The Morgan fingerprint density at radius 1 is 1.27 bits per heavy atom. The standard InChI is InChI=1S/C22H36N2O5S/c1-4-6-7-18(5-2)17-23-22(25)11-8-19-16-20(9-10-21(19)28-3)30(26,27)24-12-14-29-15-13-24/h9-10,16,18H,4-8,11-15,17H2,1-3H3,(H,23,25)/t18-/m0/s1. The van der Waals surface area contributed by atoms with Crippen molar-refractivity contribution in [2.45, 2.75) is 57.3 Å². The lowest BCUT2D eigenvalue weighted by atomic mass is 9.99. The molecule has 0 unspecified atom stereocenters. The zero-order chi connectivity index (χ0) is 22.0. The largest absolute Gasteiger partial charge is 0.496 e. The molecule has 1 aliphatic heterocycles. The number of hydrogen-bond acceptors (Lipinski definition) is 5. The number of morpholine rings is 1. The number of ether oxygens (including phenoxy) is 2. The van der Waals surface area contributed by atoms with E-state index >= 15 is 0 Å². The highest BCUT2D eigenvalue weighted by Gasteiger charge is 2.27. The molecule has 1 aliphatic rings. The molecule has 8 heteroatoms. The van der Waals surface area contributed by atoms with E-state index in [4.69, 9.17) is 9.47 Å². The Balaban J connectivity index is 2.00. The Morgan fingerprint density at radius 3 is 2.63 bits per heavy atom. The molecule has 1 amide bonds. The average Bonchev–Trinajstić information content (AvgIpc) is 2.78. The first-order valence-electron chi connectivity index (χ1n) is 10.9. The molecule has 0 aliphatic carbocycles. The van der Waals surface area contributed by atoms with Crippen molar-refractivity contribution in [2.75, 3.05) is 40.0 Å². The molecular weight excluding hydrogens is 404 g/mol. The number of nitrogens with one attached hydrogen (secondary N) is 1. The average molecular weight is 441 g/mol. The topological polar surface area (TPSA) is 84.9 Å². The number of nitrogens with zero attached hydrogens (tertiary/aromatic N) is 1. The third-order valence-corrected chi connectivity index (χ3v) is 7.51. The molecule has 0 saturated carbocycles. The molecule has 1 heterocycles. The lowest BCUT2D eigenvalue weighted by Gasteiger charge is -2.26. The Labute approximate surface area is 181 Å². The first-order chi connectivity index (χ1) is 14.4. The summed E-state index contributed by atoms with van der Waals surface area (Å²) in [5.74, 6) is 1.08. The predicted molar refractivity (Wildman–Crippen MR) is 117 cm³/mol. The van der Waals surface area contributed by atoms with Crippen LogP contribution < -0.4 is 10.1 Å². The van der Waals surface area contributed by atoms with Gasteiger partial charge in [-0.1, -0.05) is 33.1 Å². The number of carbonyl (C=O) groups is 1. The van der Waals surface area contributed by atoms with Crippen LogP contribution in [0.2, 0.25) is 0 Å². The number of amides is 1. The van der Waals surface area contributed by atoms with Crippen LogP contribution in [0, 0.1) is 5.92 Å². The van der Waals surface area contributed by atoms with Gasteiger partial charge in [-0.15, -0.1) is 0 Å². The monoisotopic (exact) mass is 440 g/mol. The van der Waals surface area contributed by atoms with Gasteiger partial charge in [0.2, 0.25) is 15.9 Å². The molecule has 0 spiro atoms. The number of aryl methyl sites for hydroxylation is 1. The van der Waals surface area contributed by atoms with Crippen LogP contribution in [-0.4, -0.2) is 58.6 Å². The van der Waals surface area contributed by atoms with Crippen LogP contribution >= 0.6 is 0 Å². The van der Waals surface area contributed by atoms with Gasteiger partial charge in [0.05, 0.1) is 25.2 Å². The lowest BCUT2D eigenvalue weighted by Crippen LogP contribution is -2.40. The van der Waals surface area contributed by atoms with Crippen molar-refractivity contribution in [2.24, 2.45) is 5.92 Å². The quantitative estimate of drug-likeness (QED) is 0.540. The molecule has 1 saturated heterocycles. The summed E-state index contributed by atoms with van der Waals surface area (Å²) in [6, 6.07) is 4.86. The minimum absolute atomic E-state index is 0.0200. The van der Waals surface area contributed by atoms with Crippen molar-refractivity contribution >= 4 is 15.9 Å². The van der Waals surface area contributed by atoms with Crippen molar-refractivity contribution < 1.29 is 22.7 Å². The van der Waals surface area contributed by atoms with Crippen LogP contribution in [0.4, 0.5) is 0 Å².